The first-order valence-electron chi connectivity index (χ1n) is 7.12. The van der Waals surface area contributed by atoms with Gasteiger partial charge in [-0.3, -0.25) is 4.90 Å². The number of hydrogen-bond donors (Lipinski definition) is 2. The molecule has 0 aromatic carbocycles. The minimum Gasteiger partial charge on any atom is -0.447 e. The highest BCUT2D eigenvalue weighted by Crippen LogP contribution is 2.13. The van der Waals surface area contributed by atoms with Crippen LogP contribution in [0, 0.1) is 0 Å². The second-order valence-corrected chi connectivity index (χ2v) is 6.76. The Morgan fingerprint density at radius 2 is 2.24 bits per heavy atom. The van der Waals surface area contributed by atoms with Crippen molar-refractivity contribution in [3.05, 3.63) is 17.9 Å². The molecule has 21 heavy (non-hydrogen) atoms. The maximum absolute atomic E-state index is 11.6. The topological polar surface area (TPSA) is 83.8 Å². The van der Waals surface area contributed by atoms with Gasteiger partial charge in [0.1, 0.15) is 5.76 Å². The fourth-order valence-corrected chi connectivity index (χ4v) is 2.91. The Balaban J connectivity index is 1.79. The first-order chi connectivity index (χ1) is 10.0. The molecule has 2 N–H and O–H groups in total. The molecular weight excluding hydrogens is 294 g/mol. The lowest BCUT2D eigenvalue weighted by molar-refractivity contribution is -0.0255. The first kappa shape index (κ1) is 16.4. The number of sulfonamides is 1. The molecule has 0 saturated carbocycles. The largest absolute Gasteiger partial charge is 0.447 e. The van der Waals surface area contributed by atoms with Gasteiger partial charge < -0.3 is 14.5 Å². The lowest BCUT2D eigenvalue weighted by Gasteiger charge is -2.32. The van der Waals surface area contributed by atoms with Crippen molar-refractivity contribution in [1.29, 1.82) is 0 Å². The smallest absolute Gasteiger partial charge is 0.273 e. The molecular formula is C13H23N3O4S. The normalized spacial score (nSPS) is 20.8. The molecule has 1 aliphatic heterocycles. The van der Waals surface area contributed by atoms with Gasteiger partial charge in [0.15, 0.2) is 0 Å². The van der Waals surface area contributed by atoms with E-state index in [2.05, 4.69) is 21.9 Å². The van der Waals surface area contributed by atoms with E-state index in [4.69, 9.17) is 9.15 Å². The van der Waals surface area contributed by atoms with Crippen LogP contribution in [0.15, 0.2) is 21.6 Å². The predicted octanol–water partition coefficient (Wildman–Crippen LogP) is -0.00200. The Hall–Kier alpha value is -0.930. The van der Waals surface area contributed by atoms with Crippen molar-refractivity contribution in [1.82, 2.24) is 14.9 Å². The van der Waals surface area contributed by atoms with Gasteiger partial charge in [-0.15, -0.1) is 0 Å². The van der Waals surface area contributed by atoms with E-state index in [1.54, 1.807) is 6.07 Å². The Labute approximate surface area is 125 Å². The summed E-state index contributed by atoms with van der Waals surface area (Å²) in [4.78, 5) is 2.35. The standard InChI is InChI=1S/C13H23N3O4S/c1-3-16-6-7-19-12(10-16)9-15-8-11-4-5-13(20-11)21(17,18)14-2/h4-5,12,14-15H,3,6-10H2,1-2H3. The SMILES string of the molecule is CCN1CCOC(CNCc2ccc(S(=O)(=O)NC)o2)C1. The van der Waals surface area contributed by atoms with Gasteiger partial charge in [-0.05, 0) is 25.7 Å². The molecule has 7 nitrogen and oxygen atoms in total. The highest BCUT2D eigenvalue weighted by atomic mass is 32.2. The van der Waals surface area contributed by atoms with Gasteiger partial charge in [0.05, 0.1) is 19.3 Å². The van der Waals surface area contributed by atoms with Gasteiger partial charge in [0, 0.05) is 19.6 Å². The predicted molar refractivity (Wildman–Crippen MR) is 78.5 cm³/mol. The van der Waals surface area contributed by atoms with Crippen molar-refractivity contribution in [2.24, 2.45) is 0 Å². The molecule has 0 spiro atoms. The van der Waals surface area contributed by atoms with Gasteiger partial charge in [-0.2, -0.15) is 0 Å². The van der Waals surface area contributed by atoms with Crippen LogP contribution in [0.4, 0.5) is 0 Å². The van der Waals surface area contributed by atoms with E-state index in [9.17, 15) is 8.42 Å². The Bertz CT molecular complexity index is 543. The molecule has 1 saturated heterocycles. The van der Waals surface area contributed by atoms with E-state index < -0.39 is 10.0 Å². The highest BCUT2D eigenvalue weighted by molar-refractivity contribution is 7.89. The molecule has 8 heteroatoms. The summed E-state index contributed by atoms with van der Waals surface area (Å²) >= 11 is 0. The average molecular weight is 317 g/mol. The zero-order chi connectivity index (χ0) is 15.3. The summed E-state index contributed by atoms with van der Waals surface area (Å²) in [5.74, 6) is 0.590. The summed E-state index contributed by atoms with van der Waals surface area (Å²) < 4.78 is 36.3. The minimum absolute atomic E-state index is 0.0622. The number of hydrogen-bond acceptors (Lipinski definition) is 6. The second kappa shape index (κ2) is 7.37. The zero-order valence-electron chi connectivity index (χ0n) is 12.5. The average Bonchev–Trinajstić information content (AvgIpc) is 2.97. The van der Waals surface area contributed by atoms with Crippen molar-refractivity contribution in [2.75, 3.05) is 39.8 Å². The molecule has 1 atom stereocenters. The van der Waals surface area contributed by atoms with E-state index in [-0.39, 0.29) is 11.2 Å². The molecule has 1 aromatic heterocycles. The molecule has 0 radical (unpaired) electrons. The number of morpholine rings is 1. The summed E-state index contributed by atoms with van der Waals surface area (Å²) in [6.45, 7) is 7.02. The van der Waals surface area contributed by atoms with E-state index >= 15 is 0 Å². The quantitative estimate of drug-likeness (QED) is 0.736. The summed E-state index contributed by atoms with van der Waals surface area (Å²) in [6, 6.07) is 3.12. The van der Waals surface area contributed by atoms with Crippen LogP contribution < -0.4 is 10.0 Å². The molecule has 1 aliphatic rings. The third-order valence-corrected chi connectivity index (χ3v) is 4.80. The molecule has 0 aliphatic carbocycles. The van der Waals surface area contributed by atoms with Crippen LogP contribution in [0.3, 0.4) is 0 Å². The number of nitrogens with zero attached hydrogens (tertiary/aromatic N) is 1. The Kier molecular flexibility index (Phi) is 5.77. The highest BCUT2D eigenvalue weighted by Gasteiger charge is 2.19. The third-order valence-electron chi connectivity index (χ3n) is 3.51. The maximum atomic E-state index is 11.6. The number of likely N-dealkylation sites (N-methyl/N-ethyl adjacent to an activating group) is 1. The van der Waals surface area contributed by atoms with Crippen LogP contribution in [0.2, 0.25) is 0 Å². The number of nitrogens with one attached hydrogen (secondary N) is 2. The number of furan rings is 1. The number of rotatable bonds is 7. The van der Waals surface area contributed by atoms with Crippen molar-refractivity contribution >= 4 is 10.0 Å². The van der Waals surface area contributed by atoms with Crippen LogP contribution >= 0.6 is 0 Å². The molecule has 1 fully saturated rings. The van der Waals surface area contributed by atoms with Gasteiger partial charge in [0.25, 0.3) is 10.0 Å². The summed E-state index contributed by atoms with van der Waals surface area (Å²) in [5, 5.41) is 3.18. The Morgan fingerprint density at radius 3 is 2.95 bits per heavy atom. The van der Waals surface area contributed by atoms with E-state index in [1.165, 1.54) is 13.1 Å². The van der Waals surface area contributed by atoms with Crippen molar-refractivity contribution in [3.8, 4) is 0 Å². The van der Waals surface area contributed by atoms with Crippen molar-refractivity contribution in [2.45, 2.75) is 24.7 Å². The van der Waals surface area contributed by atoms with Crippen LogP contribution in [0.25, 0.3) is 0 Å². The molecule has 0 amide bonds. The van der Waals surface area contributed by atoms with Crippen LogP contribution in [-0.2, 0) is 21.3 Å². The third kappa shape index (κ3) is 4.52. The monoisotopic (exact) mass is 317 g/mol. The maximum Gasteiger partial charge on any atom is 0.273 e. The molecule has 0 bridgehead atoms. The number of ether oxygens (including phenoxy) is 1. The lowest BCUT2D eigenvalue weighted by Crippen LogP contribution is -2.46. The van der Waals surface area contributed by atoms with E-state index in [0.29, 0.717) is 18.8 Å². The van der Waals surface area contributed by atoms with Crippen molar-refractivity contribution < 1.29 is 17.6 Å². The molecule has 1 aromatic rings. The van der Waals surface area contributed by atoms with Crippen molar-refractivity contribution in [3.63, 3.8) is 0 Å². The Morgan fingerprint density at radius 1 is 1.43 bits per heavy atom. The fraction of sp³-hybridized carbons (Fsp3) is 0.692. The van der Waals surface area contributed by atoms with Gasteiger partial charge in [-0.25, -0.2) is 13.1 Å². The fourth-order valence-electron chi connectivity index (χ4n) is 2.25. The minimum atomic E-state index is -3.51. The van der Waals surface area contributed by atoms with E-state index in [0.717, 1.165) is 26.2 Å². The van der Waals surface area contributed by atoms with Gasteiger partial charge in [-0.1, -0.05) is 6.92 Å². The molecule has 2 heterocycles. The zero-order valence-corrected chi connectivity index (χ0v) is 13.3. The first-order valence-corrected chi connectivity index (χ1v) is 8.60. The summed E-state index contributed by atoms with van der Waals surface area (Å²) in [7, 11) is -2.15. The lowest BCUT2D eigenvalue weighted by atomic mass is 10.2. The molecule has 1 unspecified atom stereocenters. The molecule has 2 rings (SSSR count). The summed E-state index contributed by atoms with van der Waals surface area (Å²) in [6.07, 6.45) is 0.161. The van der Waals surface area contributed by atoms with Crippen LogP contribution in [0.1, 0.15) is 12.7 Å². The summed E-state index contributed by atoms with van der Waals surface area (Å²) in [5.41, 5.74) is 0. The van der Waals surface area contributed by atoms with Gasteiger partial charge in [0.2, 0.25) is 5.09 Å². The second-order valence-electron chi connectivity index (χ2n) is 4.95. The van der Waals surface area contributed by atoms with Crippen LogP contribution in [-0.4, -0.2) is 59.3 Å². The van der Waals surface area contributed by atoms with Gasteiger partial charge >= 0.3 is 0 Å². The molecule has 120 valence electrons. The van der Waals surface area contributed by atoms with E-state index in [1.807, 2.05) is 0 Å². The van der Waals surface area contributed by atoms with Crippen LogP contribution in [0.5, 0.6) is 0 Å².